The van der Waals surface area contributed by atoms with Crippen LogP contribution in [0.15, 0.2) is 6.07 Å². The monoisotopic (exact) mass is 217 g/mol. The maximum absolute atomic E-state index is 13.6. The number of benzene rings is 1. The molecule has 15 heavy (non-hydrogen) atoms. The van der Waals surface area contributed by atoms with E-state index in [0.717, 1.165) is 13.2 Å². The summed E-state index contributed by atoms with van der Waals surface area (Å²) < 4.78 is 44.3. The van der Waals surface area contributed by atoms with Crippen molar-refractivity contribution in [3.05, 3.63) is 29.1 Å². The molecule has 0 aliphatic heterocycles. The van der Waals surface area contributed by atoms with Gasteiger partial charge in [-0.1, -0.05) is 0 Å². The fourth-order valence-electron chi connectivity index (χ4n) is 1.53. The Kier molecular flexibility index (Phi) is 2.15. The molecule has 1 saturated carbocycles. The maximum Gasteiger partial charge on any atom is 0.203 e. The summed E-state index contributed by atoms with van der Waals surface area (Å²) >= 11 is 0. The van der Waals surface area contributed by atoms with Gasteiger partial charge in [-0.05, 0) is 18.9 Å². The van der Waals surface area contributed by atoms with Gasteiger partial charge in [-0.15, -0.1) is 0 Å². The Morgan fingerprint density at radius 1 is 1.27 bits per heavy atom. The number of rotatable bonds is 2. The zero-order valence-electron chi connectivity index (χ0n) is 8.11. The second kappa shape index (κ2) is 3.13. The summed E-state index contributed by atoms with van der Waals surface area (Å²) in [5, 5.41) is 0. The van der Waals surface area contributed by atoms with Crippen LogP contribution < -0.4 is 10.5 Å². The van der Waals surface area contributed by atoms with Gasteiger partial charge in [-0.3, -0.25) is 0 Å². The van der Waals surface area contributed by atoms with E-state index in [1.807, 2.05) is 0 Å². The molecule has 0 atom stereocenters. The first-order valence-electron chi connectivity index (χ1n) is 4.50. The molecule has 0 unspecified atom stereocenters. The Labute approximate surface area is 84.8 Å². The Hall–Kier alpha value is -1.23. The molecule has 1 aliphatic carbocycles. The molecule has 2 rings (SSSR count). The zero-order valence-corrected chi connectivity index (χ0v) is 8.11. The maximum atomic E-state index is 13.6. The zero-order chi connectivity index (χ0) is 11.2. The highest BCUT2D eigenvalue weighted by atomic mass is 19.2. The van der Waals surface area contributed by atoms with Crippen molar-refractivity contribution in [2.24, 2.45) is 5.73 Å². The predicted octanol–water partition coefficient (Wildman–Crippen LogP) is 2.06. The van der Waals surface area contributed by atoms with Crippen molar-refractivity contribution in [2.75, 3.05) is 7.11 Å². The quantitative estimate of drug-likeness (QED) is 0.769. The molecule has 0 aromatic heterocycles. The van der Waals surface area contributed by atoms with Crippen molar-refractivity contribution in [2.45, 2.75) is 18.4 Å². The Balaban J connectivity index is 2.62. The number of methoxy groups -OCH3 is 1. The summed E-state index contributed by atoms with van der Waals surface area (Å²) in [7, 11) is 1.08. The summed E-state index contributed by atoms with van der Waals surface area (Å²) in [6.07, 6.45) is 1.14. The van der Waals surface area contributed by atoms with Gasteiger partial charge >= 0.3 is 0 Å². The van der Waals surface area contributed by atoms with Crippen LogP contribution in [0.25, 0.3) is 0 Å². The van der Waals surface area contributed by atoms with E-state index in [0.29, 0.717) is 12.8 Å². The van der Waals surface area contributed by atoms with E-state index in [-0.39, 0.29) is 5.56 Å². The average molecular weight is 217 g/mol. The Morgan fingerprint density at radius 2 is 1.87 bits per heavy atom. The SMILES string of the molecule is COc1c(F)c(F)cc(C2(N)CC2)c1F. The summed E-state index contributed by atoms with van der Waals surface area (Å²) in [4.78, 5) is 0. The topological polar surface area (TPSA) is 35.2 Å². The van der Waals surface area contributed by atoms with Crippen LogP contribution in [-0.2, 0) is 5.54 Å². The molecule has 82 valence electrons. The molecule has 0 radical (unpaired) electrons. The van der Waals surface area contributed by atoms with Gasteiger partial charge in [0.25, 0.3) is 0 Å². The van der Waals surface area contributed by atoms with Crippen molar-refractivity contribution in [3.8, 4) is 5.75 Å². The fourth-order valence-corrected chi connectivity index (χ4v) is 1.53. The number of halogens is 3. The van der Waals surface area contributed by atoms with E-state index in [1.54, 1.807) is 0 Å². The lowest BCUT2D eigenvalue weighted by molar-refractivity contribution is 0.342. The largest absolute Gasteiger partial charge is 0.491 e. The standard InChI is InChI=1S/C10H10F3NO/c1-15-9-7(12)5(10(14)2-3-10)4-6(11)8(9)13/h4H,2-3,14H2,1H3. The third-order valence-electron chi connectivity index (χ3n) is 2.65. The molecular weight excluding hydrogens is 207 g/mol. The second-order valence-corrected chi connectivity index (χ2v) is 3.72. The van der Waals surface area contributed by atoms with Crippen LogP contribution in [0.4, 0.5) is 13.2 Å². The molecule has 0 saturated heterocycles. The molecular formula is C10H10F3NO. The van der Waals surface area contributed by atoms with Gasteiger partial charge in [-0.25, -0.2) is 8.78 Å². The normalized spacial score (nSPS) is 17.7. The molecule has 0 amide bonds. The number of nitrogens with two attached hydrogens (primary N) is 1. The number of hydrogen-bond donors (Lipinski definition) is 1. The highest BCUT2D eigenvalue weighted by Crippen LogP contribution is 2.46. The lowest BCUT2D eigenvalue weighted by atomic mass is 10.0. The Bertz CT molecular complexity index is 416. The lowest BCUT2D eigenvalue weighted by Gasteiger charge is -2.13. The van der Waals surface area contributed by atoms with Gasteiger partial charge < -0.3 is 10.5 Å². The fraction of sp³-hybridized carbons (Fsp3) is 0.400. The third-order valence-corrected chi connectivity index (χ3v) is 2.65. The molecule has 1 aromatic carbocycles. The van der Waals surface area contributed by atoms with Crippen LogP contribution in [0.2, 0.25) is 0 Å². The smallest absolute Gasteiger partial charge is 0.203 e. The van der Waals surface area contributed by atoms with Crippen LogP contribution in [0.5, 0.6) is 5.75 Å². The van der Waals surface area contributed by atoms with Gasteiger partial charge in [0.2, 0.25) is 5.82 Å². The van der Waals surface area contributed by atoms with Gasteiger partial charge in [0.15, 0.2) is 17.4 Å². The van der Waals surface area contributed by atoms with Gasteiger partial charge in [-0.2, -0.15) is 4.39 Å². The van der Waals surface area contributed by atoms with E-state index < -0.39 is 28.7 Å². The first-order valence-corrected chi connectivity index (χ1v) is 4.50. The van der Waals surface area contributed by atoms with Crippen molar-refractivity contribution >= 4 is 0 Å². The van der Waals surface area contributed by atoms with Crippen LogP contribution in [0.3, 0.4) is 0 Å². The summed E-state index contributed by atoms with van der Waals surface area (Å²) in [5.74, 6) is -4.07. The minimum Gasteiger partial charge on any atom is -0.491 e. The average Bonchev–Trinajstić information content (AvgIpc) is 2.92. The first kappa shape index (κ1) is 10.3. The number of ether oxygens (including phenoxy) is 1. The van der Waals surface area contributed by atoms with E-state index in [4.69, 9.17) is 5.73 Å². The van der Waals surface area contributed by atoms with E-state index in [9.17, 15) is 13.2 Å². The molecule has 0 heterocycles. The highest BCUT2D eigenvalue weighted by Gasteiger charge is 2.43. The van der Waals surface area contributed by atoms with Gasteiger partial charge in [0, 0.05) is 11.1 Å². The minimum atomic E-state index is -1.32. The van der Waals surface area contributed by atoms with Crippen LogP contribution in [0, 0.1) is 17.5 Å². The third kappa shape index (κ3) is 1.47. The van der Waals surface area contributed by atoms with E-state index in [2.05, 4.69) is 4.74 Å². The molecule has 5 heteroatoms. The minimum absolute atomic E-state index is 0.0155. The molecule has 1 fully saturated rings. The summed E-state index contributed by atoms with van der Waals surface area (Å²) in [6.45, 7) is 0. The van der Waals surface area contributed by atoms with Crippen molar-refractivity contribution < 1.29 is 17.9 Å². The molecule has 1 aliphatic rings. The van der Waals surface area contributed by atoms with Crippen LogP contribution in [-0.4, -0.2) is 7.11 Å². The van der Waals surface area contributed by atoms with Crippen molar-refractivity contribution in [3.63, 3.8) is 0 Å². The lowest BCUT2D eigenvalue weighted by Crippen LogP contribution is -2.21. The molecule has 1 aromatic rings. The van der Waals surface area contributed by atoms with E-state index in [1.165, 1.54) is 0 Å². The predicted molar refractivity (Wildman–Crippen MR) is 48.0 cm³/mol. The first-order chi connectivity index (χ1) is 6.99. The van der Waals surface area contributed by atoms with E-state index >= 15 is 0 Å². The molecule has 2 N–H and O–H groups in total. The van der Waals surface area contributed by atoms with Crippen LogP contribution >= 0.6 is 0 Å². The van der Waals surface area contributed by atoms with Crippen molar-refractivity contribution in [1.29, 1.82) is 0 Å². The second-order valence-electron chi connectivity index (χ2n) is 3.72. The van der Waals surface area contributed by atoms with Gasteiger partial charge in [0.1, 0.15) is 0 Å². The van der Waals surface area contributed by atoms with Crippen LogP contribution in [0.1, 0.15) is 18.4 Å². The Morgan fingerprint density at radius 3 is 2.33 bits per heavy atom. The molecule has 0 bridgehead atoms. The highest BCUT2D eigenvalue weighted by molar-refractivity contribution is 5.40. The number of hydrogen-bond acceptors (Lipinski definition) is 2. The summed E-state index contributed by atoms with van der Waals surface area (Å²) in [6, 6.07) is 0.806. The molecule has 0 spiro atoms. The summed E-state index contributed by atoms with van der Waals surface area (Å²) in [5.41, 5.74) is 4.86. The molecule has 2 nitrogen and oxygen atoms in total. The van der Waals surface area contributed by atoms with Gasteiger partial charge in [0.05, 0.1) is 7.11 Å². The van der Waals surface area contributed by atoms with Crippen molar-refractivity contribution in [1.82, 2.24) is 0 Å².